The number of rotatable bonds is 7. The molecule has 0 atom stereocenters. The van der Waals surface area contributed by atoms with Crippen molar-refractivity contribution < 1.29 is 13.2 Å². The van der Waals surface area contributed by atoms with Gasteiger partial charge in [0, 0.05) is 31.0 Å². The minimum atomic E-state index is -3.71. The lowest BCUT2D eigenvalue weighted by Gasteiger charge is -2.16. The van der Waals surface area contributed by atoms with Crippen LogP contribution in [0.3, 0.4) is 0 Å². The van der Waals surface area contributed by atoms with Crippen LogP contribution in [0.15, 0.2) is 65.8 Å². The number of amides is 1. The van der Waals surface area contributed by atoms with Gasteiger partial charge in [0.1, 0.15) is 5.82 Å². The third kappa shape index (κ3) is 5.41. The van der Waals surface area contributed by atoms with Gasteiger partial charge in [-0.3, -0.25) is 4.79 Å². The van der Waals surface area contributed by atoms with Crippen LogP contribution in [0.2, 0.25) is 5.02 Å². The van der Waals surface area contributed by atoms with E-state index >= 15 is 0 Å². The van der Waals surface area contributed by atoms with Crippen molar-refractivity contribution in [2.24, 2.45) is 0 Å². The number of carbonyl (C=O) groups is 1. The summed E-state index contributed by atoms with van der Waals surface area (Å²) >= 11 is 5.81. The molecule has 0 unspecified atom stereocenters. The zero-order valence-electron chi connectivity index (χ0n) is 16.5. The molecule has 0 spiro atoms. The Kier molecular flexibility index (Phi) is 6.81. The Hall–Kier alpha value is -2.81. The van der Waals surface area contributed by atoms with Gasteiger partial charge in [-0.05, 0) is 36.8 Å². The summed E-state index contributed by atoms with van der Waals surface area (Å²) in [5, 5.41) is 3.26. The summed E-state index contributed by atoms with van der Waals surface area (Å²) in [6.07, 6.45) is 2.77. The zero-order valence-corrected chi connectivity index (χ0v) is 18.1. The summed E-state index contributed by atoms with van der Waals surface area (Å²) in [5.74, 6) is -0.0191. The Morgan fingerprint density at radius 3 is 2.23 bits per heavy atom. The standard InChI is InChI=1S/C21H21ClN4O3S/c1-15-3-5-16(6-4-15)11-25-21(27)17-12-23-20(24-13-17)14-26(2)30(28,29)19-9-7-18(22)8-10-19/h3-10,12-13H,11,14H2,1-2H3,(H,25,27). The third-order valence-electron chi connectivity index (χ3n) is 4.43. The molecule has 0 saturated carbocycles. The summed E-state index contributed by atoms with van der Waals surface area (Å²) in [7, 11) is -2.27. The number of hydrogen-bond acceptors (Lipinski definition) is 5. The maximum absolute atomic E-state index is 12.6. The molecule has 156 valence electrons. The summed E-state index contributed by atoms with van der Waals surface area (Å²) in [5.41, 5.74) is 2.44. The predicted octanol–water partition coefficient (Wildman–Crippen LogP) is 3.19. The van der Waals surface area contributed by atoms with Gasteiger partial charge in [-0.15, -0.1) is 0 Å². The van der Waals surface area contributed by atoms with Crippen LogP contribution in [0.25, 0.3) is 0 Å². The molecular weight excluding hydrogens is 424 g/mol. The van der Waals surface area contributed by atoms with Crippen molar-refractivity contribution in [1.29, 1.82) is 0 Å². The van der Waals surface area contributed by atoms with Crippen LogP contribution in [0.5, 0.6) is 0 Å². The molecule has 0 aliphatic rings. The fourth-order valence-electron chi connectivity index (χ4n) is 2.61. The van der Waals surface area contributed by atoms with Crippen LogP contribution in [0.4, 0.5) is 0 Å². The van der Waals surface area contributed by atoms with Crippen LogP contribution in [-0.2, 0) is 23.1 Å². The van der Waals surface area contributed by atoms with E-state index in [4.69, 9.17) is 11.6 Å². The maximum atomic E-state index is 12.6. The van der Waals surface area contributed by atoms with E-state index in [1.165, 1.54) is 43.7 Å². The van der Waals surface area contributed by atoms with Crippen LogP contribution >= 0.6 is 11.6 Å². The van der Waals surface area contributed by atoms with Crippen LogP contribution in [0.1, 0.15) is 27.3 Å². The van der Waals surface area contributed by atoms with E-state index in [1.54, 1.807) is 0 Å². The summed E-state index contributed by atoms with van der Waals surface area (Å²) in [6, 6.07) is 13.8. The topological polar surface area (TPSA) is 92.3 Å². The summed E-state index contributed by atoms with van der Waals surface area (Å²) < 4.78 is 26.4. The average molecular weight is 445 g/mol. The van der Waals surface area contributed by atoms with E-state index in [0.29, 0.717) is 17.1 Å². The SMILES string of the molecule is Cc1ccc(CNC(=O)c2cnc(CN(C)S(=O)(=O)c3ccc(Cl)cc3)nc2)cc1. The molecule has 0 aliphatic heterocycles. The smallest absolute Gasteiger partial charge is 0.254 e. The lowest BCUT2D eigenvalue weighted by atomic mass is 10.1. The minimum absolute atomic E-state index is 0.0315. The Bertz CT molecular complexity index is 1120. The number of aryl methyl sites for hydroxylation is 1. The molecule has 3 aromatic rings. The molecule has 0 aliphatic carbocycles. The molecule has 0 radical (unpaired) electrons. The van der Waals surface area contributed by atoms with Crippen molar-refractivity contribution in [1.82, 2.24) is 19.6 Å². The Morgan fingerprint density at radius 2 is 1.63 bits per heavy atom. The van der Waals surface area contributed by atoms with E-state index in [9.17, 15) is 13.2 Å². The van der Waals surface area contributed by atoms with Crippen molar-refractivity contribution in [3.8, 4) is 0 Å². The molecule has 7 nitrogen and oxygen atoms in total. The van der Waals surface area contributed by atoms with Gasteiger partial charge in [0.15, 0.2) is 0 Å². The highest BCUT2D eigenvalue weighted by Gasteiger charge is 2.21. The molecule has 2 aromatic carbocycles. The van der Waals surface area contributed by atoms with Gasteiger partial charge in [-0.1, -0.05) is 41.4 Å². The number of carbonyl (C=O) groups excluding carboxylic acids is 1. The number of sulfonamides is 1. The maximum Gasteiger partial charge on any atom is 0.254 e. The molecular formula is C21H21ClN4O3S. The first kappa shape index (κ1) is 21.9. The molecule has 3 rings (SSSR count). The second-order valence-corrected chi connectivity index (χ2v) is 9.25. The Morgan fingerprint density at radius 1 is 1.03 bits per heavy atom. The van der Waals surface area contributed by atoms with Gasteiger partial charge in [-0.25, -0.2) is 18.4 Å². The lowest BCUT2D eigenvalue weighted by molar-refractivity contribution is 0.0950. The Balaban J connectivity index is 1.61. The minimum Gasteiger partial charge on any atom is -0.348 e. The molecule has 30 heavy (non-hydrogen) atoms. The van der Waals surface area contributed by atoms with Crippen molar-refractivity contribution >= 4 is 27.5 Å². The highest BCUT2D eigenvalue weighted by Crippen LogP contribution is 2.18. The first-order valence-corrected chi connectivity index (χ1v) is 10.9. The second kappa shape index (κ2) is 9.34. The first-order valence-electron chi connectivity index (χ1n) is 9.12. The van der Waals surface area contributed by atoms with Gasteiger partial charge < -0.3 is 5.32 Å². The van der Waals surface area contributed by atoms with Gasteiger partial charge >= 0.3 is 0 Å². The van der Waals surface area contributed by atoms with E-state index < -0.39 is 10.0 Å². The molecule has 1 N–H and O–H groups in total. The fourth-order valence-corrected chi connectivity index (χ4v) is 3.87. The number of nitrogens with one attached hydrogen (secondary N) is 1. The fraction of sp³-hybridized carbons (Fsp3) is 0.190. The number of nitrogens with zero attached hydrogens (tertiary/aromatic N) is 3. The van der Waals surface area contributed by atoms with Crippen molar-refractivity contribution in [2.45, 2.75) is 24.9 Å². The molecule has 0 saturated heterocycles. The van der Waals surface area contributed by atoms with Crippen LogP contribution in [-0.4, -0.2) is 35.6 Å². The number of benzene rings is 2. The van der Waals surface area contributed by atoms with Crippen molar-refractivity contribution in [3.05, 3.63) is 88.5 Å². The number of aromatic nitrogens is 2. The second-order valence-electron chi connectivity index (χ2n) is 6.77. The Labute approximate surface area is 180 Å². The van der Waals surface area contributed by atoms with Gasteiger partial charge in [0.2, 0.25) is 10.0 Å². The highest BCUT2D eigenvalue weighted by molar-refractivity contribution is 7.89. The van der Waals surface area contributed by atoms with E-state index in [1.807, 2.05) is 31.2 Å². The molecule has 1 amide bonds. The highest BCUT2D eigenvalue weighted by atomic mass is 35.5. The molecule has 0 fully saturated rings. The average Bonchev–Trinajstić information content (AvgIpc) is 2.74. The van der Waals surface area contributed by atoms with E-state index in [-0.39, 0.29) is 23.2 Å². The van der Waals surface area contributed by atoms with Crippen molar-refractivity contribution in [3.63, 3.8) is 0 Å². The van der Waals surface area contributed by atoms with Crippen molar-refractivity contribution in [2.75, 3.05) is 7.05 Å². The quantitative estimate of drug-likeness (QED) is 0.604. The predicted molar refractivity (Wildman–Crippen MR) is 114 cm³/mol. The van der Waals surface area contributed by atoms with E-state index in [2.05, 4.69) is 15.3 Å². The summed E-state index contributed by atoms with van der Waals surface area (Å²) in [4.78, 5) is 20.7. The van der Waals surface area contributed by atoms with Gasteiger partial charge in [0.05, 0.1) is 17.0 Å². The molecule has 0 bridgehead atoms. The zero-order chi connectivity index (χ0) is 21.7. The van der Waals surface area contributed by atoms with Crippen LogP contribution < -0.4 is 5.32 Å². The number of hydrogen-bond donors (Lipinski definition) is 1. The van der Waals surface area contributed by atoms with Gasteiger partial charge in [-0.2, -0.15) is 4.31 Å². The van der Waals surface area contributed by atoms with Gasteiger partial charge in [0.25, 0.3) is 5.91 Å². The monoisotopic (exact) mass is 444 g/mol. The van der Waals surface area contributed by atoms with Crippen LogP contribution in [0, 0.1) is 6.92 Å². The lowest BCUT2D eigenvalue weighted by Crippen LogP contribution is -2.28. The normalized spacial score (nSPS) is 11.5. The molecule has 1 heterocycles. The third-order valence-corrected chi connectivity index (χ3v) is 6.50. The first-order chi connectivity index (χ1) is 14.3. The molecule has 9 heteroatoms. The molecule has 1 aromatic heterocycles. The number of halogens is 1. The summed E-state index contributed by atoms with van der Waals surface area (Å²) in [6.45, 7) is 2.36. The van der Waals surface area contributed by atoms with E-state index in [0.717, 1.165) is 15.4 Å². The largest absolute Gasteiger partial charge is 0.348 e.